The summed E-state index contributed by atoms with van der Waals surface area (Å²) in [6.07, 6.45) is 1.08. The average molecular weight is 252 g/mol. The lowest BCUT2D eigenvalue weighted by atomic mass is 9.99. The fraction of sp³-hybridized carbons (Fsp3) is 0.615. The maximum Gasteiger partial charge on any atom is 0.238 e. The molecular weight excluding hydrogens is 232 g/mol. The maximum absolute atomic E-state index is 12.1. The zero-order valence-corrected chi connectivity index (χ0v) is 11.5. The Kier molecular flexibility index (Phi) is 3.84. The van der Waals surface area contributed by atoms with E-state index in [1.807, 2.05) is 4.90 Å². The molecule has 2 rings (SSSR count). The highest BCUT2D eigenvalue weighted by atomic mass is 32.1. The van der Waals surface area contributed by atoms with Crippen LogP contribution in [0.1, 0.15) is 38.9 Å². The number of carbonyl (C=O) groups is 1. The summed E-state index contributed by atoms with van der Waals surface area (Å²) in [5, 5.41) is 7.50. The van der Waals surface area contributed by atoms with Crippen LogP contribution in [0.25, 0.3) is 0 Å². The van der Waals surface area contributed by atoms with Crippen molar-refractivity contribution in [2.75, 3.05) is 6.54 Å². The van der Waals surface area contributed by atoms with E-state index in [2.05, 4.69) is 42.9 Å². The Morgan fingerprint density at radius 1 is 1.59 bits per heavy atom. The lowest BCUT2D eigenvalue weighted by Crippen LogP contribution is -2.42. The van der Waals surface area contributed by atoms with Crippen LogP contribution in [0, 0.1) is 5.92 Å². The van der Waals surface area contributed by atoms with Gasteiger partial charge in [0.15, 0.2) is 0 Å². The van der Waals surface area contributed by atoms with E-state index in [4.69, 9.17) is 0 Å². The molecule has 1 aliphatic heterocycles. The molecule has 2 heterocycles. The first-order valence-electron chi connectivity index (χ1n) is 6.21. The van der Waals surface area contributed by atoms with Gasteiger partial charge in [0.05, 0.1) is 6.54 Å². The van der Waals surface area contributed by atoms with Gasteiger partial charge in [-0.05, 0) is 34.7 Å². The van der Waals surface area contributed by atoms with E-state index in [-0.39, 0.29) is 12.1 Å². The van der Waals surface area contributed by atoms with E-state index in [1.165, 1.54) is 5.56 Å². The van der Waals surface area contributed by atoms with E-state index in [1.54, 1.807) is 11.3 Å². The van der Waals surface area contributed by atoms with Gasteiger partial charge in [0.25, 0.3) is 0 Å². The van der Waals surface area contributed by atoms with Gasteiger partial charge in [0.2, 0.25) is 5.91 Å². The molecule has 1 aliphatic rings. The Morgan fingerprint density at radius 3 is 2.88 bits per heavy atom. The molecule has 0 bridgehead atoms. The molecule has 2 atom stereocenters. The topological polar surface area (TPSA) is 32.3 Å². The fourth-order valence-corrected chi connectivity index (χ4v) is 3.27. The van der Waals surface area contributed by atoms with Gasteiger partial charge >= 0.3 is 0 Å². The Morgan fingerprint density at radius 2 is 2.35 bits per heavy atom. The quantitative estimate of drug-likeness (QED) is 0.893. The van der Waals surface area contributed by atoms with Crippen LogP contribution in [0.3, 0.4) is 0 Å². The van der Waals surface area contributed by atoms with E-state index >= 15 is 0 Å². The zero-order chi connectivity index (χ0) is 12.4. The van der Waals surface area contributed by atoms with Crippen molar-refractivity contribution in [1.29, 1.82) is 0 Å². The molecule has 0 aromatic carbocycles. The molecule has 4 heteroatoms. The van der Waals surface area contributed by atoms with Crippen molar-refractivity contribution < 1.29 is 4.79 Å². The molecular formula is C13H20N2OS. The Hall–Kier alpha value is -0.870. The smallest absolute Gasteiger partial charge is 0.238 e. The summed E-state index contributed by atoms with van der Waals surface area (Å²) in [4.78, 5) is 14.1. The molecule has 1 saturated heterocycles. The third-order valence-electron chi connectivity index (χ3n) is 3.42. The number of carbonyl (C=O) groups excluding carboxylic acids is 1. The first-order chi connectivity index (χ1) is 8.15. The van der Waals surface area contributed by atoms with Crippen LogP contribution in [0.4, 0.5) is 0 Å². The number of nitrogens with one attached hydrogen (secondary N) is 1. The summed E-state index contributed by atoms with van der Waals surface area (Å²) in [5.41, 5.74) is 1.21. The molecule has 0 aliphatic carbocycles. The van der Waals surface area contributed by atoms with Crippen molar-refractivity contribution in [3.63, 3.8) is 0 Å². The number of hydrogen-bond acceptors (Lipinski definition) is 3. The van der Waals surface area contributed by atoms with E-state index < -0.39 is 0 Å². The highest BCUT2D eigenvalue weighted by Gasteiger charge is 2.37. The van der Waals surface area contributed by atoms with E-state index in [0.717, 1.165) is 6.42 Å². The predicted octanol–water partition coefficient (Wildman–Crippen LogP) is 2.61. The van der Waals surface area contributed by atoms with Crippen molar-refractivity contribution in [1.82, 2.24) is 10.2 Å². The minimum Gasteiger partial charge on any atom is -0.319 e. The van der Waals surface area contributed by atoms with Gasteiger partial charge in [-0.15, -0.1) is 0 Å². The van der Waals surface area contributed by atoms with Crippen molar-refractivity contribution in [3.05, 3.63) is 22.4 Å². The lowest BCUT2D eigenvalue weighted by molar-refractivity contribution is -0.131. The fourth-order valence-electron chi connectivity index (χ4n) is 2.59. The van der Waals surface area contributed by atoms with E-state index in [0.29, 0.717) is 18.5 Å². The molecule has 0 saturated carbocycles. The van der Waals surface area contributed by atoms with E-state index in [9.17, 15) is 4.79 Å². The number of rotatable bonds is 4. The summed E-state index contributed by atoms with van der Waals surface area (Å²) in [6.45, 7) is 6.99. The van der Waals surface area contributed by atoms with Crippen molar-refractivity contribution in [2.24, 2.45) is 5.92 Å². The van der Waals surface area contributed by atoms with Gasteiger partial charge in [-0.3, -0.25) is 10.1 Å². The standard InChI is InChI=1S/C13H20N2OS/c1-4-11(9(2)3)15-12(16)7-14-13(15)10-5-6-17-8-10/h5-6,8-9,11,13-14H,4,7H2,1-3H3. The Balaban J connectivity index is 2.25. The van der Waals surface area contributed by atoms with Gasteiger partial charge < -0.3 is 4.90 Å². The first-order valence-corrected chi connectivity index (χ1v) is 7.16. The number of amides is 1. The van der Waals surface area contributed by atoms with Crippen LogP contribution in [0.5, 0.6) is 0 Å². The van der Waals surface area contributed by atoms with Crippen LogP contribution in [-0.4, -0.2) is 23.4 Å². The van der Waals surface area contributed by atoms with Gasteiger partial charge in [0.1, 0.15) is 6.17 Å². The third kappa shape index (κ3) is 2.38. The molecule has 2 unspecified atom stereocenters. The molecule has 1 aromatic rings. The first kappa shape index (κ1) is 12.6. The molecule has 94 valence electrons. The summed E-state index contributed by atoms with van der Waals surface area (Å²) in [5.74, 6) is 0.715. The average Bonchev–Trinajstić information content (AvgIpc) is 2.89. The summed E-state index contributed by atoms with van der Waals surface area (Å²) >= 11 is 1.68. The lowest BCUT2D eigenvalue weighted by Gasteiger charge is -2.34. The molecule has 1 N–H and O–H groups in total. The molecule has 0 spiro atoms. The zero-order valence-electron chi connectivity index (χ0n) is 10.6. The summed E-state index contributed by atoms with van der Waals surface area (Å²) < 4.78 is 0. The summed E-state index contributed by atoms with van der Waals surface area (Å²) in [6, 6.07) is 2.42. The molecule has 1 aromatic heterocycles. The number of hydrogen-bond donors (Lipinski definition) is 1. The predicted molar refractivity (Wildman–Crippen MR) is 70.8 cm³/mol. The van der Waals surface area contributed by atoms with Crippen molar-refractivity contribution in [2.45, 2.75) is 39.4 Å². The molecule has 1 amide bonds. The SMILES string of the molecule is CCC(C(C)C)N1C(=O)CNC1c1ccsc1. The second-order valence-corrected chi connectivity index (χ2v) is 5.64. The molecule has 17 heavy (non-hydrogen) atoms. The minimum atomic E-state index is 0.0705. The number of thiophene rings is 1. The summed E-state index contributed by atoms with van der Waals surface area (Å²) in [7, 11) is 0. The molecule has 1 fully saturated rings. The Bertz CT molecular complexity index is 375. The van der Waals surface area contributed by atoms with Gasteiger partial charge in [-0.2, -0.15) is 11.3 Å². The van der Waals surface area contributed by atoms with Crippen LogP contribution < -0.4 is 5.32 Å². The van der Waals surface area contributed by atoms with Crippen LogP contribution >= 0.6 is 11.3 Å². The van der Waals surface area contributed by atoms with Gasteiger partial charge in [0, 0.05) is 6.04 Å². The molecule has 0 radical (unpaired) electrons. The van der Waals surface area contributed by atoms with Gasteiger partial charge in [-0.25, -0.2) is 0 Å². The van der Waals surface area contributed by atoms with Crippen molar-refractivity contribution >= 4 is 17.2 Å². The second-order valence-electron chi connectivity index (χ2n) is 4.86. The van der Waals surface area contributed by atoms with Crippen LogP contribution in [0.15, 0.2) is 16.8 Å². The highest BCUT2D eigenvalue weighted by molar-refractivity contribution is 7.07. The van der Waals surface area contributed by atoms with Gasteiger partial charge in [-0.1, -0.05) is 20.8 Å². The highest BCUT2D eigenvalue weighted by Crippen LogP contribution is 2.29. The monoisotopic (exact) mass is 252 g/mol. The molecule has 3 nitrogen and oxygen atoms in total. The van der Waals surface area contributed by atoms with Crippen molar-refractivity contribution in [3.8, 4) is 0 Å². The third-order valence-corrected chi connectivity index (χ3v) is 4.12. The minimum absolute atomic E-state index is 0.0705. The largest absolute Gasteiger partial charge is 0.319 e. The number of nitrogens with zero attached hydrogens (tertiary/aromatic N) is 1. The second kappa shape index (κ2) is 5.19. The Labute approximate surface area is 107 Å². The van der Waals surface area contributed by atoms with Crippen LogP contribution in [0.2, 0.25) is 0 Å². The normalized spacial score (nSPS) is 22.5. The van der Waals surface area contributed by atoms with Crippen LogP contribution in [-0.2, 0) is 4.79 Å². The maximum atomic E-state index is 12.1.